The number of nitrogens with zero attached hydrogens (tertiary/aromatic N) is 2. The Labute approximate surface area is 160 Å². The number of amides is 1. The summed E-state index contributed by atoms with van der Waals surface area (Å²) in [6, 6.07) is 12.5. The van der Waals surface area contributed by atoms with Crippen molar-refractivity contribution >= 4 is 11.9 Å². The summed E-state index contributed by atoms with van der Waals surface area (Å²) in [5.41, 5.74) is 0.683. The monoisotopic (exact) mass is 382 g/mol. The summed E-state index contributed by atoms with van der Waals surface area (Å²) in [4.78, 5) is 16.8. The SMILES string of the molecule is COc1ccc(-c2nc(NC(=O)C3COc4ccccc4O3)n[nH]2)c(OC)c1. The Hall–Kier alpha value is -3.75. The average Bonchev–Trinajstić information content (AvgIpc) is 3.21. The predicted octanol–water partition coefficient (Wildman–Crippen LogP) is 2.27. The van der Waals surface area contributed by atoms with E-state index >= 15 is 0 Å². The predicted molar refractivity (Wildman–Crippen MR) is 99.9 cm³/mol. The summed E-state index contributed by atoms with van der Waals surface area (Å²) >= 11 is 0. The number of para-hydroxylation sites is 2. The van der Waals surface area contributed by atoms with Crippen molar-refractivity contribution in [2.75, 3.05) is 26.1 Å². The van der Waals surface area contributed by atoms with Crippen LogP contribution in [-0.4, -0.2) is 48.0 Å². The lowest BCUT2D eigenvalue weighted by Gasteiger charge is -2.25. The molecule has 2 heterocycles. The van der Waals surface area contributed by atoms with Gasteiger partial charge in [0.1, 0.15) is 18.1 Å². The summed E-state index contributed by atoms with van der Waals surface area (Å²) in [6.45, 7) is 0.104. The lowest BCUT2D eigenvalue weighted by Crippen LogP contribution is -2.40. The third kappa shape index (κ3) is 3.41. The van der Waals surface area contributed by atoms with Gasteiger partial charge in [0.2, 0.25) is 12.1 Å². The van der Waals surface area contributed by atoms with E-state index in [0.717, 1.165) is 0 Å². The number of aromatic amines is 1. The first-order valence-electron chi connectivity index (χ1n) is 8.52. The number of hydrogen-bond acceptors (Lipinski definition) is 7. The molecule has 1 amide bonds. The number of carbonyl (C=O) groups is 1. The van der Waals surface area contributed by atoms with Gasteiger partial charge in [-0.3, -0.25) is 15.2 Å². The fourth-order valence-electron chi connectivity index (χ4n) is 2.77. The van der Waals surface area contributed by atoms with Crippen molar-refractivity contribution in [3.05, 3.63) is 42.5 Å². The number of H-pyrrole nitrogens is 1. The maximum absolute atomic E-state index is 12.5. The molecule has 0 radical (unpaired) electrons. The number of benzene rings is 2. The Bertz CT molecular complexity index is 1000. The number of hydrogen-bond donors (Lipinski definition) is 2. The van der Waals surface area contributed by atoms with Gasteiger partial charge >= 0.3 is 0 Å². The van der Waals surface area contributed by atoms with Crippen molar-refractivity contribution < 1.29 is 23.7 Å². The second kappa shape index (κ2) is 7.47. The van der Waals surface area contributed by atoms with Crippen LogP contribution in [-0.2, 0) is 4.79 Å². The van der Waals surface area contributed by atoms with Crippen LogP contribution in [0.2, 0.25) is 0 Å². The van der Waals surface area contributed by atoms with E-state index in [1.807, 2.05) is 12.1 Å². The van der Waals surface area contributed by atoms with Crippen LogP contribution in [0.15, 0.2) is 42.5 Å². The van der Waals surface area contributed by atoms with Crippen molar-refractivity contribution in [3.8, 4) is 34.4 Å². The van der Waals surface area contributed by atoms with Crippen LogP contribution in [0.1, 0.15) is 0 Å². The van der Waals surface area contributed by atoms with Crippen molar-refractivity contribution in [2.45, 2.75) is 6.10 Å². The van der Waals surface area contributed by atoms with Crippen LogP contribution in [0.5, 0.6) is 23.0 Å². The summed E-state index contributed by atoms with van der Waals surface area (Å²) in [7, 11) is 3.13. The van der Waals surface area contributed by atoms with Gasteiger partial charge in [-0.25, -0.2) is 0 Å². The lowest BCUT2D eigenvalue weighted by atomic mass is 10.2. The van der Waals surface area contributed by atoms with E-state index in [0.29, 0.717) is 34.4 Å². The topological polar surface area (TPSA) is 108 Å². The van der Waals surface area contributed by atoms with Gasteiger partial charge in [-0.1, -0.05) is 12.1 Å². The lowest BCUT2D eigenvalue weighted by molar-refractivity contribution is -0.125. The molecule has 4 rings (SSSR count). The molecule has 9 heteroatoms. The van der Waals surface area contributed by atoms with Gasteiger partial charge in [0.25, 0.3) is 5.91 Å². The van der Waals surface area contributed by atoms with Crippen LogP contribution < -0.4 is 24.3 Å². The Morgan fingerprint density at radius 3 is 2.79 bits per heavy atom. The standard InChI is InChI=1S/C19H18N4O5/c1-25-11-7-8-12(15(9-11)26-2)17-20-19(23-22-17)21-18(24)16-10-27-13-5-3-4-6-14(13)28-16/h3-9,16H,10H2,1-2H3,(H2,20,21,22,23,24). The maximum atomic E-state index is 12.5. The number of fused-ring (bicyclic) bond motifs is 1. The molecule has 28 heavy (non-hydrogen) atoms. The Balaban J connectivity index is 1.48. The molecular formula is C19H18N4O5. The number of carbonyl (C=O) groups excluding carboxylic acids is 1. The van der Waals surface area contributed by atoms with Gasteiger partial charge in [0.05, 0.1) is 19.8 Å². The minimum Gasteiger partial charge on any atom is -0.497 e. The highest BCUT2D eigenvalue weighted by Gasteiger charge is 2.28. The molecule has 0 saturated heterocycles. The quantitative estimate of drug-likeness (QED) is 0.697. The molecule has 0 fully saturated rings. The van der Waals surface area contributed by atoms with Gasteiger partial charge in [0.15, 0.2) is 17.3 Å². The molecular weight excluding hydrogens is 364 g/mol. The van der Waals surface area contributed by atoms with Crippen LogP contribution in [0.25, 0.3) is 11.4 Å². The molecule has 1 unspecified atom stereocenters. The second-order valence-electron chi connectivity index (χ2n) is 5.93. The first-order valence-corrected chi connectivity index (χ1v) is 8.52. The van der Waals surface area contributed by atoms with E-state index < -0.39 is 12.0 Å². The molecule has 3 aromatic rings. The summed E-state index contributed by atoms with van der Waals surface area (Å²) in [6.07, 6.45) is -0.799. The van der Waals surface area contributed by atoms with Gasteiger partial charge in [-0.05, 0) is 24.3 Å². The molecule has 0 bridgehead atoms. The van der Waals surface area contributed by atoms with Crippen molar-refractivity contribution in [2.24, 2.45) is 0 Å². The zero-order chi connectivity index (χ0) is 19.5. The molecule has 1 aromatic heterocycles. The summed E-state index contributed by atoms with van der Waals surface area (Å²) < 4.78 is 21.8. The minimum atomic E-state index is -0.799. The number of ether oxygens (including phenoxy) is 4. The van der Waals surface area contributed by atoms with Gasteiger partial charge in [-0.2, -0.15) is 4.98 Å². The van der Waals surface area contributed by atoms with E-state index in [2.05, 4.69) is 20.5 Å². The van der Waals surface area contributed by atoms with Crippen LogP contribution in [0, 0.1) is 0 Å². The summed E-state index contributed by atoms with van der Waals surface area (Å²) in [5.74, 6) is 2.52. The van der Waals surface area contributed by atoms with E-state index in [-0.39, 0.29) is 12.6 Å². The zero-order valence-corrected chi connectivity index (χ0v) is 15.3. The fraction of sp³-hybridized carbons (Fsp3) is 0.211. The van der Waals surface area contributed by atoms with E-state index in [9.17, 15) is 4.79 Å². The number of rotatable bonds is 5. The van der Waals surface area contributed by atoms with Crippen molar-refractivity contribution in [1.29, 1.82) is 0 Å². The van der Waals surface area contributed by atoms with E-state index in [1.54, 1.807) is 44.6 Å². The average molecular weight is 382 g/mol. The first kappa shape index (κ1) is 17.7. The maximum Gasteiger partial charge on any atom is 0.271 e. The van der Waals surface area contributed by atoms with Crippen LogP contribution >= 0.6 is 0 Å². The van der Waals surface area contributed by atoms with E-state index in [1.165, 1.54) is 0 Å². The normalized spacial score (nSPS) is 15.0. The molecule has 1 atom stereocenters. The van der Waals surface area contributed by atoms with Crippen LogP contribution in [0.4, 0.5) is 5.95 Å². The summed E-state index contributed by atoms with van der Waals surface area (Å²) in [5, 5.41) is 9.46. The Morgan fingerprint density at radius 2 is 2.00 bits per heavy atom. The molecule has 1 aliphatic rings. The minimum absolute atomic E-state index is 0.104. The molecule has 2 N–H and O–H groups in total. The molecule has 144 valence electrons. The largest absolute Gasteiger partial charge is 0.497 e. The van der Waals surface area contributed by atoms with Gasteiger partial charge in [-0.15, -0.1) is 5.10 Å². The first-order chi connectivity index (χ1) is 13.7. The van der Waals surface area contributed by atoms with Gasteiger partial charge < -0.3 is 18.9 Å². The molecule has 1 aliphatic heterocycles. The Morgan fingerprint density at radius 1 is 1.18 bits per heavy atom. The second-order valence-corrected chi connectivity index (χ2v) is 5.93. The van der Waals surface area contributed by atoms with Gasteiger partial charge in [0, 0.05) is 6.07 Å². The third-order valence-electron chi connectivity index (χ3n) is 4.19. The number of anilines is 1. The zero-order valence-electron chi connectivity index (χ0n) is 15.3. The third-order valence-corrected chi connectivity index (χ3v) is 4.19. The molecule has 0 saturated carbocycles. The highest BCUT2D eigenvalue weighted by molar-refractivity contribution is 5.93. The fourth-order valence-corrected chi connectivity index (χ4v) is 2.77. The number of aromatic nitrogens is 3. The highest BCUT2D eigenvalue weighted by atomic mass is 16.6. The van der Waals surface area contributed by atoms with Crippen molar-refractivity contribution in [1.82, 2.24) is 15.2 Å². The molecule has 0 spiro atoms. The number of nitrogens with one attached hydrogen (secondary N) is 2. The molecule has 9 nitrogen and oxygen atoms in total. The molecule has 0 aliphatic carbocycles. The van der Waals surface area contributed by atoms with Crippen molar-refractivity contribution in [3.63, 3.8) is 0 Å². The van der Waals surface area contributed by atoms with Crippen LogP contribution in [0.3, 0.4) is 0 Å². The smallest absolute Gasteiger partial charge is 0.271 e. The number of methoxy groups -OCH3 is 2. The Kier molecular flexibility index (Phi) is 4.71. The highest BCUT2D eigenvalue weighted by Crippen LogP contribution is 2.32. The van der Waals surface area contributed by atoms with E-state index in [4.69, 9.17) is 18.9 Å². The molecule has 2 aromatic carbocycles.